The Morgan fingerprint density at radius 1 is 1.27 bits per heavy atom. The number of hydrogen-bond donors (Lipinski definition) is 1. The second-order valence-corrected chi connectivity index (χ2v) is 5.00. The molecular formula is C16H17N3O3. The molecule has 2 heterocycles. The van der Waals surface area contributed by atoms with Crippen molar-refractivity contribution >= 4 is 5.69 Å². The molecule has 0 aliphatic carbocycles. The van der Waals surface area contributed by atoms with Gasteiger partial charge in [-0.25, -0.2) is 0 Å². The lowest BCUT2D eigenvalue weighted by Gasteiger charge is -2.15. The van der Waals surface area contributed by atoms with Crippen molar-refractivity contribution in [3.05, 3.63) is 48.0 Å². The minimum absolute atomic E-state index is 0.160. The lowest BCUT2D eigenvalue weighted by Crippen LogP contribution is -2.08. The van der Waals surface area contributed by atoms with Gasteiger partial charge in [-0.15, -0.1) is 0 Å². The molecule has 0 saturated carbocycles. The molecule has 1 N–H and O–H groups in total. The number of aryl methyl sites for hydroxylation is 1. The normalized spacial score (nSPS) is 12.1. The Kier molecular flexibility index (Phi) is 3.82. The van der Waals surface area contributed by atoms with Crippen LogP contribution in [-0.4, -0.2) is 17.3 Å². The highest BCUT2D eigenvalue weighted by atomic mass is 16.5. The Morgan fingerprint density at radius 3 is 2.86 bits per heavy atom. The smallest absolute Gasteiger partial charge is 0.249 e. The van der Waals surface area contributed by atoms with E-state index in [-0.39, 0.29) is 6.04 Å². The molecule has 3 rings (SSSR count). The van der Waals surface area contributed by atoms with Crippen molar-refractivity contribution in [2.24, 2.45) is 0 Å². The van der Waals surface area contributed by atoms with Crippen LogP contribution in [0, 0.1) is 6.92 Å². The highest BCUT2D eigenvalue weighted by Gasteiger charge is 2.17. The van der Waals surface area contributed by atoms with Gasteiger partial charge in [-0.3, -0.25) is 0 Å². The van der Waals surface area contributed by atoms with Gasteiger partial charge in [0.15, 0.2) is 5.76 Å². The fourth-order valence-corrected chi connectivity index (χ4v) is 2.15. The summed E-state index contributed by atoms with van der Waals surface area (Å²) in [5.74, 6) is 2.26. The molecule has 0 aliphatic rings. The van der Waals surface area contributed by atoms with Crippen molar-refractivity contribution in [2.45, 2.75) is 19.9 Å². The minimum Gasteiger partial charge on any atom is -0.495 e. The summed E-state index contributed by atoms with van der Waals surface area (Å²) in [6.45, 7) is 3.97. The second-order valence-electron chi connectivity index (χ2n) is 5.00. The van der Waals surface area contributed by atoms with Gasteiger partial charge in [0, 0.05) is 0 Å². The molecule has 6 heteroatoms. The fraction of sp³-hybridized carbons (Fsp3) is 0.250. The molecule has 0 spiro atoms. The standard InChI is InChI=1S/C16H17N3O3/c1-10-6-7-13(20-3)12(9-10)17-11(2)16-18-15(19-22-16)14-5-4-8-21-14/h4-9,11,17H,1-3H3. The topological polar surface area (TPSA) is 73.3 Å². The van der Waals surface area contributed by atoms with Crippen molar-refractivity contribution in [1.82, 2.24) is 10.1 Å². The van der Waals surface area contributed by atoms with Gasteiger partial charge >= 0.3 is 0 Å². The maximum absolute atomic E-state index is 5.36. The third kappa shape index (κ3) is 2.81. The highest BCUT2D eigenvalue weighted by molar-refractivity contribution is 5.58. The molecule has 114 valence electrons. The van der Waals surface area contributed by atoms with Gasteiger partial charge in [-0.05, 0) is 43.7 Å². The number of furan rings is 1. The van der Waals surface area contributed by atoms with Crippen LogP contribution in [0.15, 0.2) is 45.5 Å². The van der Waals surface area contributed by atoms with Gasteiger partial charge in [-0.2, -0.15) is 4.98 Å². The van der Waals surface area contributed by atoms with Gasteiger partial charge in [0.2, 0.25) is 11.7 Å². The van der Waals surface area contributed by atoms with Crippen LogP contribution in [0.4, 0.5) is 5.69 Å². The monoisotopic (exact) mass is 299 g/mol. The SMILES string of the molecule is COc1ccc(C)cc1NC(C)c1nc(-c2ccco2)no1. The number of aromatic nitrogens is 2. The second kappa shape index (κ2) is 5.93. The van der Waals surface area contributed by atoms with E-state index in [1.807, 2.05) is 32.0 Å². The first-order valence-electron chi connectivity index (χ1n) is 6.96. The average molecular weight is 299 g/mol. The zero-order valence-electron chi connectivity index (χ0n) is 12.7. The molecule has 3 aromatic rings. The molecule has 0 bridgehead atoms. The number of anilines is 1. The van der Waals surface area contributed by atoms with E-state index in [9.17, 15) is 0 Å². The number of hydrogen-bond acceptors (Lipinski definition) is 6. The molecular weight excluding hydrogens is 282 g/mol. The number of ether oxygens (including phenoxy) is 1. The van der Waals surface area contributed by atoms with Crippen molar-refractivity contribution in [3.63, 3.8) is 0 Å². The number of rotatable bonds is 5. The van der Waals surface area contributed by atoms with E-state index < -0.39 is 0 Å². The Labute approximate surface area is 128 Å². The minimum atomic E-state index is -0.160. The third-order valence-electron chi connectivity index (χ3n) is 3.28. The maximum atomic E-state index is 5.36. The first-order valence-corrected chi connectivity index (χ1v) is 6.96. The van der Waals surface area contributed by atoms with Crippen LogP contribution in [0.25, 0.3) is 11.6 Å². The quantitative estimate of drug-likeness (QED) is 0.772. The lowest BCUT2D eigenvalue weighted by atomic mass is 10.2. The van der Waals surface area contributed by atoms with E-state index in [2.05, 4.69) is 15.5 Å². The maximum Gasteiger partial charge on any atom is 0.249 e. The van der Waals surface area contributed by atoms with E-state index in [1.54, 1.807) is 25.5 Å². The summed E-state index contributed by atoms with van der Waals surface area (Å²) in [4.78, 5) is 4.35. The number of benzene rings is 1. The predicted molar refractivity (Wildman–Crippen MR) is 81.8 cm³/mol. The average Bonchev–Trinajstić information content (AvgIpc) is 3.18. The molecule has 2 aromatic heterocycles. The van der Waals surface area contributed by atoms with Crippen LogP contribution in [-0.2, 0) is 0 Å². The van der Waals surface area contributed by atoms with Crippen LogP contribution in [0.2, 0.25) is 0 Å². The van der Waals surface area contributed by atoms with Crippen molar-refractivity contribution < 1.29 is 13.7 Å². The summed E-state index contributed by atoms with van der Waals surface area (Å²) in [5, 5.41) is 7.26. The zero-order valence-corrected chi connectivity index (χ0v) is 12.7. The first kappa shape index (κ1) is 14.2. The largest absolute Gasteiger partial charge is 0.495 e. The van der Waals surface area contributed by atoms with E-state index in [0.717, 1.165) is 17.0 Å². The fourth-order valence-electron chi connectivity index (χ4n) is 2.15. The molecule has 0 radical (unpaired) electrons. The van der Waals surface area contributed by atoms with Crippen LogP contribution >= 0.6 is 0 Å². The molecule has 0 amide bonds. The Bertz CT molecular complexity index is 750. The highest BCUT2D eigenvalue weighted by Crippen LogP contribution is 2.29. The molecule has 1 atom stereocenters. The molecule has 0 fully saturated rings. The summed E-state index contributed by atoms with van der Waals surface area (Å²) in [6.07, 6.45) is 1.57. The summed E-state index contributed by atoms with van der Waals surface area (Å²) in [6, 6.07) is 9.34. The molecule has 1 aromatic carbocycles. The summed E-state index contributed by atoms with van der Waals surface area (Å²) < 4.78 is 15.9. The summed E-state index contributed by atoms with van der Waals surface area (Å²) >= 11 is 0. The Morgan fingerprint density at radius 2 is 2.14 bits per heavy atom. The lowest BCUT2D eigenvalue weighted by molar-refractivity contribution is 0.366. The molecule has 6 nitrogen and oxygen atoms in total. The van der Waals surface area contributed by atoms with Gasteiger partial charge in [-0.1, -0.05) is 11.2 Å². The van der Waals surface area contributed by atoms with Crippen molar-refractivity contribution in [2.75, 3.05) is 12.4 Å². The molecule has 1 unspecified atom stereocenters. The van der Waals surface area contributed by atoms with Crippen LogP contribution in [0.3, 0.4) is 0 Å². The summed E-state index contributed by atoms with van der Waals surface area (Å²) in [7, 11) is 1.64. The number of nitrogens with zero attached hydrogens (tertiary/aromatic N) is 2. The summed E-state index contributed by atoms with van der Waals surface area (Å²) in [5.41, 5.74) is 2.02. The van der Waals surface area contributed by atoms with Crippen LogP contribution in [0.5, 0.6) is 5.75 Å². The Balaban J connectivity index is 1.80. The third-order valence-corrected chi connectivity index (χ3v) is 3.28. The molecule has 22 heavy (non-hydrogen) atoms. The predicted octanol–water partition coefficient (Wildman–Crippen LogP) is 3.82. The van der Waals surface area contributed by atoms with Gasteiger partial charge in [0.05, 0.1) is 19.1 Å². The van der Waals surface area contributed by atoms with E-state index in [4.69, 9.17) is 13.7 Å². The number of nitrogens with one attached hydrogen (secondary N) is 1. The van der Waals surface area contributed by atoms with Crippen LogP contribution in [0.1, 0.15) is 24.4 Å². The zero-order chi connectivity index (χ0) is 15.5. The van der Waals surface area contributed by atoms with Crippen molar-refractivity contribution in [1.29, 1.82) is 0 Å². The van der Waals surface area contributed by atoms with Gasteiger partial charge in [0.1, 0.15) is 11.8 Å². The van der Waals surface area contributed by atoms with E-state index in [1.165, 1.54) is 0 Å². The molecule has 0 saturated heterocycles. The Hall–Kier alpha value is -2.76. The number of methoxy groups -OCH3 is 1. The molecule has 0 aliphatic heterocycles. The van der Waals surface area contributed by atoms with Crippen LogP contribution < -0.4 is 10.1 Å². The van der Waals surface area contributed by atoms with E-state index >= 15 is 0 Å². The van der Waals surface area contributed by atoms with E-state index in [0.29, 0.717) is 17.5 Å². The first-order chi connectivity index (χ1) is 10.7. The van der Waals surface area contributed by atoms with Gasteiger partial charge < -0.3 is 19.0 Å². The van der Waals surface area contributed by atoms with Gasteiger partial charge in [0.25, 0.3) is 0 Å². The van der Waals surface area contributed by atoms with Crippen molar-refractivity contribution in [3.8, 4) is 17.3 Å².